The molecule has 0 atom stereocenters. The lowest BCUT2D eigenvalue weighted by Gasteiger charge is -2.13. The largest absolute Gasteiger partial charge is 0.497 e. The van der Waals surface area contributed by atoms with Crippen LogP contribution in [-0.4, -0.2) is 15.5 Å². The summed E-state index contributed by atoms with van der Waals surface area (Å²) in [5.74, 6) is 0.670. The molecular formula is C14H15BrN2O3S. The molecule has 0 radical (unpaired) electrons. The third-order valence-corrected chi connectivity index (χ3v) is 5.27. The summed E-state index contributed by atoms with van der Waals surface area (Å²) in [5.41, 5.74) is 7.38. The minimum atomic E-state index is -3.70. The minimum absolute atomic E-state index is 0.131. The number of methoxy groups -OCH3 is 1. The van der Waals surface area contributed by atoms with Gasteiger partial charge >= 0.3 is 0 Å². The average Bonchev–Trinajstić information content (AvgIpc) is 2.40. The van der Waals surface area contributed by atoms with Gasteiger partial charge in [-0.2, -0.15) is 0 Å². The van der Waals surface area contributed by atoms with Gasteiger partial charge in [0.2, 0.25) is 0 Å². The maximum absolute atomic E-state index is 12.4. The zero-order valence-electron chi connectivity index (χ0n) is 11.6. The molecule has 0 amide bonds. The Morgan fingerprint density at radius 3 is 2.48 bits per heavy atom. The van der Waals surface area contributed by atoms with Gasteiger partial charge in [0.05, 0.1) is 12.8 Å². The van der Waals surface area contributed by atoms with Crippen molar-refractivity contribution in [3.8, 4) is 5.75 Å². The van der Waals surface area contributed by atoms with E-state index in [1.807, 2.05) is 0 Å². The van der Waals surface area contributed by atoms with Crippen molar-refractivity contribution in [3.63, 3.8) is 0 Å². The highest BCUT2D eigenvalue weighted by molar-refractivity contribution is 9.10. The lowest BCUT2D eigenvalue weighted by molar-refractivity contribution is 0.414. The predicted molar refractivity (Wildman–Crippen MR) is 87.1 cm³/mol. The van der Waals surface area contributed by atoms with Gasteiger partial charge in [-0.3, -0.25) is 4.72 Å². The van der Waals surface area contributed by atoms with E-state index < -0.39 is 10.0 Å². The first kappa shape index (κ1) is 15.7. The van der Waals surface area contributed by atoms with E-state index in [0.29, 0.717) is 21.6 Å². The molecule has 3 N–H and O–H groups in total. The Kier molecular flexibility index (Phi) is 4.43. The van der Waals surface area contributed by atoms with Crippen molar-refractivity contribution in [2.75, 3.05) is 17.6 Å². The first-order valence-corrected chi connectivity index (χ1v) is 8.33. The number of sulfonamides is 1. The molecular weight excluding hydrogens is 356 g/mol. The Morgan fingerprint density at radius 2 is 1.90 bits per heavy atom. The highest BCUT2D eigenvalue weighted by Gasteiger charge is 2.18. The fourth-order valence-corrected chi connectivity index (χ4v) is 4.04. The van der Waals surface area contributed by atoms with Crippen LogP contribution in [-0.2, 0) is 10.0 Å². The molecule has 2 aromatic rings. The zero-order valence-corrected chi connectivity index (χ0v) is 14.0. The molecule has 0 unspecified atom stereocenters. The smallest absolute Gasteiger partial charge is 0.263 e. The van der Waals surface area contributed by atoms with Crippen molar-refractivity contribution in [1.82, 2.24) is 0 Å². The number of benzene rings is 2. The Hall–Kier alpha value is -1.73. The van der Waals surface area contributed by atoms with E-state index in [9.17, 15) is 8.42 Å². The van der Waals surface area contributed by atoms with Crippen LogP contribution in [0.4, 0.5) is 11.4 Å². The third kappa shape index (κ3) is 3.48. The van der Waals surface area contributed by atoms with Gasteiger partial charge in [-0.1, -0.05) is 0 Å². The Bertz CT molecular complexity index is 776. The average molecular weight is 371 g/mol. The van der Waals surface area contributed by atoms with Crippen molar-refractivity contribution in [1.29, 1.82) is 0 Å². The van der Waals surface area contributed by atoms with Gasteiger partial charge in [-0.05, 0) is 64.8 Å². The van der Waals surface area contributed by atoms with Crippen LogP contribution in [0.25, 0.3) is 0 Å². The standard InChI is InChI=1S/C14H15BrN2O3S/c1-9-7-11(20-2)4-5-13(9)17-21(18,19)14-6-3-10(16)8-12(14)15/h3-8,17H,16H2,1-2H3. The summed E-state index contributed by atoms with van der Waals surface area (Å²) in [7, 11) is -2.14. The van der Waals surface area contributed by atoms with Gasteiger partial charge in [0.25, 0.3) is 10.0 Å². The molecule has 112 valence electrons. The zero-order chi connectivity index (χ0) is 15.6. The van der Waals surface area contributed by atoms with E-state index in [1.165, 1.54) is 6.07 Å². The molecule has 0 aliphatic rings. The van der Waals surface area contributed by atoms with Crippen LogP contribution in [0.1, 0.15) is 5.56 Å². The fraction of sp³-hybridized carbons (Fsp3) is 0.143. The summed E-state index contributed by atoms with van der Waals surface area (Å²) >= 11 is 3.22. The van der Waals surface area contributed by atoms with E-state index in [0.717, 1.165) is 5.56 Å². The van der Waals surface area contributed by atoms with Crippen molar-refractivity contribution >= 4 is 37.3 Å². The Labute approximate surface area is 132 Å². The minimum Gasteiger partial charge on any atom is -0.497 e. The predicted octanol–water partition coefficient (Wildman–Crippen LogP) is 3.15. The number of anilines is 2. The van der Waals surface area contributed by atoms with E-state index in [2.05, 4.69) is 20.7 Å². The van der Waals surface area contributed by atoms with Gasteiger partial charge in [0.1, 0.15) is 10.6 Å². The lowest BCUT2D eigenvalue weighted by Crippen LogP contribution is -2.14. The summed E-state index contributed by atoms with van der Waals surface area (Å²) < 4.78 is 32.9. The second-order valence-electron chi connectivity index (χ2n) is 4.48. The molecule has 0 aromatic heterocycles. The molecule has 7 heteroatoms. The number of hydrogen-bond donors (Lipinski definition) is 2. The quantitative estimate of drug-likeness (QED) is 0.809. The molecule has 5 nitrogen and oxygen atoms in total. The first-order chi connectivity index (χ1) is 9.83. The molecule has 0 bridgehead atoms. The topological polar surface area (TPSA) is 81.4 Å². The van der Waals surface area contributed by atoms with Gasteiger partial charge in [0, 0.05) is 10.2 Å². The summed E-state index contributed by atoms with van der Waals surface area (Å²) in [6, 6.07) is 9.67. The number of rotatable bonds is 4. The maximum Gasteiger partial charge on any atom is 0.263 e. The summed E-state index contributed by atoms with van der Waals surface area (Å²) in [5, 5.41) is 0. The van der Waals surface area contributed by atoms with Crippen molar-refractivity contribution in [2.24, 2.45) is 0 Å². The van der Waals surface area contributed by atoms with E-state index >= 15 is 0 Å². The maximum atomic E-state index is 12.4. The Balaban J connectivity index is 2.37. The molecule has 0 aliphatic heterocycles. The molecule has 0 saturated carbocycles. The van der Waals surface area contributed by atoms with Crippen LogP contribution >= 0.6 is 15.9 Å². The van der Waals surface area contributed by atoms with Gasteiger partial charge in [-0.25, -0.2) is 8.42 Å². The van der Waals surface area contributed by atoms with Crippen LogP contribution in [0.5, 0.6) is 5.75 Å². The number of nitrogens with two attached hydrogens (primary N) is 1. The number of hydrogen-bond acceptors (Lipinski definition) is 4. The number of ether oxygens (including phenoxy) is 1. The number of aryl methyl sites for hydroxylation is 1. The fourth-order valence-electron chi connectivity index (χ4n) is 1.81. The monoisotopic (exact) mass is 370 g/mol. The summed E-state index contributed by atoms with van der Waals surface area (Å²) in [6.07, 6.45) is 0. The molecule has 2 rings (SSSR count). The third-order valence-electron chi connectivity index (χ3n) is 2.92. The Morgan fingerprint density at radius 1 is 1.19 bits per heavy atom. The highest BCUT2D eigenvalue weighted by atomic mass is 79.9. The van der Waals surface area contributed by atoms with Crippen LogP contribution in [0.15, 0.2) is 45.8 Å². The second kappa shape index (κ2) is 5.95. The number of nitrogens with one attached hydrogen (secondary N) is 1. The van der Waals surface area contributed by atoms with Crippen molar-refractivity contribution < 1.29 is 13.2 Å². The van der Waals surface area contributed by atoms with Gasteiger partial charge in [0.15, 0.2) is 0 Å². The highest BCUT2D eigenvalue weighted by Crippen LogP contribution is 2.28. The van der Waals surface area contributed by atoms with Crippen LogP contribution in [0.2, 0.25) is 0 Å². The SMILES string of the molecule is COc1ccc(NS(=O)(=O)c2ccc(N)cc2Br)c(C)c1. The van der Waals surface area contributed by atoms with Gasteiger partial charge in [-0.15, -0.1) is 0 Å². The summed E-state index contributed by atoms with van der Waals surface area (Å²) in [4.78, 5) is 0.131. The first-order valence-electron chi connectivity index (χ1n) is 6.06. The molecule has 21 heavy (non-hydrogen) atoms. The number of nitrogen functional groups attached to an aromatic ring is 1. The second-order valence-corrected chi connectivity index (χ2v) is 6.98. The molecule has 0 fully saturated rings. The lowest BCUT2D eigenvalue weighted by atomic mass is 10.2. The normalized spacial score (nSPS) is 11.2. The van der Waals surface area contributed by atoms with Crippen molar-refractivity contribution in [3.05, 3.63) is 46.4 Å². The molecule has 0 heterocycles. The van der Waals surface area contributed by atoms with Crippen LogP contribution in [0, 0.1) is 6.92 Å². The molecule has 0 aliphatic carbocycles. The van der Waals surface area contributed by atoms with E-state index in [1.54, 1.807) is 44.4 Å². The summed E-state index contributed by atoms with van der Waals surface area (Å²) in [6.45, 7) is 1.80. The molecule has 0 saturated heterocycles. The van der Waals surface area contributed by atoms with Crippen LogP contribution in [0.3, 0.4) is 0 Å². The number of halogens is 1. The van der Waals surface area contributed by atoms with Gasteiger partial charge < -0.3 is 10.5 Å². The molecule has 2 aromatic carbocycles. The van der Waals surface area contributed by atoms with Crippen LogP contribution < -0.4 is 15.2 Å². The molecule has 0 spiro atoms. The van der Waals surface area contributed by atoms with E-state index in [-0.39, 0.29) is 4.90 Å². The van der Waals surface area contributed by atoms with Crippen molar-refractivity contribution in [2.45, 2.75) is 11.8 Å². The van der Waals surface area contributed by atoms with E-state index in [4.69, 9.17) is 10.5 Å².